The Bertz CT molecular complexity index is 1530. The molecule has 0 amide bonds. The number of hydrogen-bond donors (Lipinski definition) is 0. The van der Waals surface area contributed by atoms with Gasteiger partial charge in [0.05, 0.1) is 34.5 Å². The highest BCUT2D eigenvalue weighted by Gasteiger charge is 2.21. The molecule has 0 fully saturated rings. The summed E-state index contributed by atoms with van der Waals surface area (Å²) in [5.41, 5.74) is 2.22. The maximum atomic E-state index is 15.3. The summed E-state index contributed by atoms with van der Waals surface area (Å²) in [7, 11) is 0. The Morgan fingerprint density at radius 2 is 1.97 bits per heavy atom. The van der Waals surface area contributed by atoms with E-state index < -0.39 is 5.82 Å². The summed E-state index contributed by atoms with van der Waals surface area (Å²) in [5.74, 6) is -0.555. The molecule has 1 aliphatic carbocycles. The molecule has 0 unspecified atom stereocenters. The number of ether oxygens (including phenoxy) is 1. The highest BCUT2D eigenvalue weighted by Crippen LogP contribution is 2.36. The van der Waals surface area contributed by atoms with Crippen molar-refractivity contribution in [3.05, 3.63) is 85.8 Å². The molecular weight excluding hydrogens is 516 g/mol. The van der Waals surface area contributed by atoms with E-state index in [4.69, 9.17) is 49.2 Å². The molecule has 5 rings (SSSR count). The second-order valence-electron chi connectivity index (χ2n) is 7.55. The lowest BCUT2D eigenvalue weighted by molar-refractivity contribution is 0.437. The summed E-state index contributed by atoms with van der Waals surface area (Å²) in [6.45, 7) is 0. The van der Waals surface area contributed by atoms with Crippen molar-refractivity contribution in [2.75, 3.05) is 0 Å². The van der Waals surface area contributed by atoms with Gasteiger partial charge in [0.1, 0.15) is 5.75 Å². The van der Waals surface area contributed by atoms with Gasteiger partial charge in [-0.2, -0.15) is 5.26 Å². The topological polar surface area (TPSA) is 97.7 Å². The lowest BCUT2D eigenvalue weighted by atomic mass is 10.1. The normalized spacial score (nSPS) is 12.3. The van der Waals surface area contributed by atoms with Crippen molar-refractivity contribution in [1.82, 2.24) is 20.2 Å². The highest BCUT2D eigenvalue weighted by atomic mass is 35.5. The first-order valence-electron chi connectivity index (χ1n) is 10.3. The van der Waals surface area contributed by atoms with Crippen molar-refractivity contribution in [2.24, 2.45) is 0 Å². The third-order valence-electron chi connectivity index (χ3n) is 5.14. The van der Waals surface area contributed by atoms with Gasteiger partial charge >= 0.3 is 0 Å². The molecule has 4 aromatic rings. The molecule has 7 nitrogen and oxygen atoms in total. The molecule has 2 aromatic carbocycles. The van der Waals surface area contributed by atoms with E-state index in [2.05, 4.69) is 20.2 Å². The molecule has 0 N–H and O–H groups in total. The Morgan fingerprint density at radius 3 is 2.80 bits per heavy atom. The molecule has 2 heterocycles. The minimum Gasteiger partial charge on any atom is -0.453 e. The largest absolute Gasteiger partial charge is 0.453 e. The second kappa shape index (κ2) is 9.62. The van der Waals surface area contributed by atoms with E-state index in [1.54, 1.807) is 0 Å². The molecule has 35 heavy (non-hydrogen) atoms. The Balaban J connectivity index is 1.42. The molecule has 0 aliphatic heterocycles. The van der Waals surface area contributed by atoms with Crippen LogP contribution < -0.4 is 4.74 Å². The van der Waals surface area contributed by atoms with Gasteiger partial charge in [-0.3, -0.25) is 0 Å². The number of halogens is 4. The van der Waals surface area contributed by atoms with Gasteiger partial charge in [-0.15, -0.1) is 10.2 Å². The number of benzene rings is 2. The van der Waals surface area contributed by atoms with Gasteiger partial charge in [0, 0.05) is 10.6 Å². The van der Waals surface area contributed by atoms with E-state index in [1.807, 2.05) is 18.2 Å². The fourth-order valence-corrected chi connectivity index (χ4v) is 4.15. The standard InChI is InChI=1S/C24H13Cl3FN5O2/c25-14-7-12(11-29)8-15(10-14)34-22-16(26)6-5-13(20(22)28)9-19-32-33-24(35-19)21-23(27)31-18-4-2-1-3-17(18)30-21/h1,3,5-8,10H,2,4,9H2. The molecule has 0 radical (unpaired) electrons. The van der Waals surface area contributed by atoms with Crippen LogP contribution in [0.5, 0.6) is 11.5 Å². The van der Waals surface area contributed by atoms with Crippen LogP contribution in [0.2, 0.25) is 15.2 Å². The molecule has 0 saturated heterocycles. The van der Waals surface area contributed by atoms with Crippen molar-refractivity contribution in [3.63, 3.8) is 0 Å². The first-order chi connectivity index (χ1) is 16.9. The summed E-state index contributed by atoms with van der Waals surface area (Å²) >= 11 is 18.5. The van der Waals surface area contributed by atoms with Crippen molar-refractivity contribution in [2.45, 2.75) is 19.3 Å². The van der Waals surface area contributed by atoms with Gasteiger partial charge in [-0.05, 0) is 43.2 Å². The summed E-state index contributed by atoms with van der Waals surface area (Å²) in [6, 6.07) is 9.28. The number of nitrogens with zero attached hydrogens (tertiary/aromatic N) is 5. The third kappa shape index (κ3) is 4.84. The van der Waals surface area contributed by atoms with Crippen LogP contribution in [0.4, 0.5) is 4.39 Å². The zero-order chi connectivity index (χ0) is 24.5. The fourth-order valence-electron chi connectivity index (χ4n) is 3.52. The minimum atomic E-state index is -0.715. The summed E-state index contributed by atoms with van der Waals surface area (Å²) < 4.78 is 26.7. The molecule has 0 spiro atoms. The van der Waals surface area contributed by atoms with E-state index in [9.17, 15) is 0 Å². The van der Waals surface area contributed by atoms with Crippen LogP contribution in [0, 0.1) is 17.1 Å². The lowest BCUT2D eigenvalue weighted by Gasteiger charge is -2.12. The molecule has 0 atom stereocenters. The van der Waals surface area contributed by atoms with Gasteiger partial charge in [-0.1, -0.05) is 46.9 Å². The van der Waals surface area contributed by atoms with Crippen LogP contribution in [-0.4, -0.2) is 20.2 Å². The molecule has 1 aliphatic rings. The number of allylic oxidation sites excluding steroid dienone is 1. The zero-order valence-electron chi connectivity index (χ0n) is 17.7. The predicted octanol–water partition coefficient (Wildman–Crippen LogP) is 6.84. The number of hydrogen-bond acceptors (Lipinski definition) is 7. The fraction of sp³-hybridized carbons (Fsp3) is 0.125. The van der Waals surface area contributed by atoms with Crippen molar-refractivity contribution >= 4 is 40.9 Å². The number of nitriles is 1. The predicted molar refractivity (Wildman–Crippen MR) is 128 cm³/mol. The van der Waals surface area contributed by atoms with Gasteiger partial charge in [0.15, 0.2) is 22.4 Å². The van der Waals surface area contributed by atoms with Crippen LogP contribution in [-0.2, 0) is 12.8 Å². The molecule has 0 bridgehead atoms. The number of rotatable bonds is 5. The van der Waals surface area contributed by atoms with Crippen molar-refractivity contribution in [1.29, 1.82) is 5.26 Å². The van der Waals surface area contributed by atoms with E-state index in [-0.39, 0.29) is 61.7 Å². The highest BCUT2D eigenvalue weighted by molar-refractivity contribution is 6.32. The summed E-state index contributed by atoms with van der Waals surface area (Å²) in [6.07, 6.45) is 5.45. The monoisotopic (exact) mass is 527 g/mol. The average molecular weight is 529 g/mol. The van der Waals surface area contributed by atoms with Gasteiger partial charge < -0.3 is 9.15 Å². The first-order valence-corrected chi connectivity index (χ1v) is 11.5. The van der Waals surface area contributed by atoms with E-state index in [0.29, 0.717) is 5.69 Å². The summed E-state index contributed by atoms with van der Waals surface area (Å²) in [4.78, 5) is 8.87. The van der Waals surface area contributed by atoms with E-state index in [0.717, 1.165) is 18.5 Å². The Morgan fingerprint density at radius 1 is 1.11 bits per heavy atom. The molecular formula is C24H13Cl3FN5O2. The molecule has 2 aromatic heterocycles. The maximum Gasteiger partial charge on any atom is 0.269 e. The van der Waals surface area contributed by atoms with Gasteiger partial charge in [0.25, 0.3) is 5.89 Å². The number of aromatic nitrogens is 4. The first kappa shape index (κ1) is 23.2. The Hall–Kier alpha value is -3.51. The average Bonchev–Trinajstić information content (AvgIpc) is 3.31. The van der Waals surface area contributed by atoms with Gasteiger partial charge in [0.2, 0.25) is 5.89 Å². The summed E-state index contributed by atoms with van der Waals surface area (Å²) in [5, 5.41) is 17.6. The molecule has 174 valence electrons. The quantitative estimate of drug-likeness (QED) is 0.280. The smallest absolute Gasteiger partial charge is 0.269 e. The number of aryl methyl sites for hydroxylation is 1. The Labute approximate surface area is 213 Å². The van der Waals surface area contributed by atoms with E-state index >= 15 is 4.39 Å². The van der Waals surface area contributed by atoms with Crippen LogP contribution >= 0.6 is 34.8 Å². The second-order valence-corrected chi connectivity index (χ2v) is 8.75. The van der Waals surface area contributed by atoms with Crippen molar-refractivity contribution in [3.8, 4) is 29.2 Å². The maximum absolute atomic E-state index is 15.3. The molecule has 0 saturated carbocycles. The zero-order valence-corrected chi connectivity index (χ0v) is 20.0. The minimum absolute atomic E-state index is 0.0404. The Kier molecular flexibility index (Phi) is 6.39. The van der Waals surface area contributed by atoms with Gasteiger partial charge in [-0.25, -0.2) is 14.4 Å². The van der Waals surface area contributed by atoms with Crippen molar-refractivity contribution < 1.29 is 13.5 Å². The van der Waals surface area contributed by atoms with Crippen LogP contribution in [0.3, 0.4) is 0 Å². The number of fused-ring (bicyclic) bond motifs is 1. The van der Waals surface area contributed by atoms with Crippen LogP contribution in [0.1, 0.15) is 34.8 Å². The SMILES string of the molecule is N#Cc1cc(Cl)cc(Oc2c(Cl)ccc(Cc3nnc(-c4nc5c(nc4Cl)CCC=C5)o3)c2F)c1. The third-order valence-corrected chi connectivity index (χ3v) is 5.92. The van der Waals surface area contributed by atoms with Crippen LogP contribution in [0.25, 0.3) is 17.7 Å². The van der Waals surface area contributed by atoms with Crippen LogP contribution in [0.15, 0.2) is 40.8 Å². The lowest BCUT2D eigenvalue weighted by Crippen LogP contribution is -2.03. The van der Waals surface area contributed by atoms with E-state index in [1.165, 1.54) is 30.3 Å². The molecule has 11 heteroatoms.